The molecule has 5 nitrogen and oxygen atoms in total. The number of carboxylic acids is 1. The number of aliphatic carboxylic acids is 1. The quantitative estimate of drug-likeness (QED) is 0.831. The lowest BCUT2D eigenvalue weighted by Crippen LogP contribution is -2.37. The molecule has 1 aliphatic rings. The van der Waals surface area contributed by atoms with Gasteiger partial charge in [0, 0.05) is 18.3 Å². The van der Waals surface area contributed by atoms with E-state index in [1.165, 1.54) is 6.08 Å². The van der Waals surface area contributed by atoms with E-state index < -0.39 is 5.97 Å². The van der Waals surface area contributed by atoms with E-state index in [4.69, 9.17) is 9.84 Å². The number of benzene rings is 1. The zero-order valence-corrected chi connectivity index (χ0v) is 9.70. The molecule has 1 saturated heterocycles. The zero-order valence-electron chi connectivity index (χ0n) is 9.70. The van der Waals surface area contributed by atoms with Gasteiger partial charge >= 0.3 is 12.1 Å². The van der Waals surface area contributed by atoms with E-state index in [1.54, 1.807) is 29.2 Å². The molecule has 1 N–H and O–H groups in total. The number of cyclic esters (lactones) is 1. The van der Waals surface area contributed by atoms with Gasteiger partial charge in [0.25, 0.3) is 0 Å². The molecule has 94 valence electrons. The fraction of sp³-hybridized carbons (Fsp3) is 0.231. The fourth-order valence-electron chi connectivity index (χ4n) is 1.75. The molecule has 18 heavy (non-hydrogen) atoms. The van der Waals surface area contributed by atoms with Gasteiger partial charge in [-0.1, -0.05) is 12.1 Å². The van der Waals surface area contributed by atoms with Gasteiger partial charge in [-0.05, 0) is 30.2 Å². The van der Waals surface area contributed by atoms with Crippen LogP contribution in [-0.2, 0) is 9.53 Å². The molecule has 1 amide bonds. The number of amides is 1. The predicted octanol–water partition coefficient (Wildman–Crippen LogP) is 2.13. The Kier molecular flexibility index (Phi) is 3.62. The number of carboxylic acid groups (broad SMARTS) is 1. The first kappa shape index (κ1) is 12.2. The molecule has 1 aliphatic heterocycles. The van der Waals surface area contributed by atoms with Crippen molar-refractivity contribution < 1.29 is 19.4 Å². The maximum atomic E-state index is 11.6. The molecule has 1 aromatic carbocycles. The van der Waals surface area contributed by atoms with Crippen LogP contribution < -0.4 is 4.90 Å². The second-order valence-corrected chi connectivity index (χ2v) is 3.89. The van der Waals surface area contributed by atoms with Gasteiger partial charge in [0.1, 0.15) is 0 Å². The molecule has 1 fully saturated rings. The Labute approximate surface area is 104 Å². The highest BCUT2D eigenvalue weighted by molar-refractivity contribution is 5.89. The Balaban J connectivity index is 2.21. The Morgan fingerprint density at radius 2 is 2.28 bits per heavy atom. The lowest BCUT2D eigenvalue weighted by molar-refractivity contribution is -0.131. The van der Waals surface area contributed by atoms with Crippen molar-refractivity contribution >= 4 is 23.8 Å². The Morgan fingerprint density at radius 1 is 1.44 bits per heavy atom. The van der Waals surface area contributed by atoms with Crippen LogP contribution in [0.15, 0.2) is 30.3 Å². The standard InChI is InChI=1S/C13H13NO4/c15-12(16)6-5-10-3-1-4-11(9-10)14-7-2-8-18-13(14)17/h1,3-6,9H,2,7-8H2,(H,15,16)/b6-5+. The van der Waals surface area contributed by atoms with Gasteiger partial charge < -0.3 is 9.84 Å². The smallest absolute Gasteiger partial charge is 0.414 e. The number of ether oxygens (including phenoxy) is 1. The van der Waals surface area contributed by atoms with Crippen LogP contribution in [0.2, 0.25) is 0 Å². The van der Waals surface area contributed by atoms with Gasteiger partial charge in [-0.2, -0.15) is 0 Å². The SMILES string of the molecule is O=C(O)/C=C/c1cccc(N2CCCOC2=O)c1. The first-order chi connectivity index (χ1) is 8.66. The van der Waals surface area contributed by atoms with Crippen LogP contribution in [0, 0.1) is 0 Å². The van der Waals surface area contributed by atoms with Crippen molar-refractivity contribution in [3.05, 3.63) is 35.9 Å². The first-order valence-corrected chi connectivity index (χ1v) is 5.62. The lowest BCUT2D eigenvalue weighted by atomic mass is 10.1. The number of nitrogens with zero attached hydrogens (tertiary/aromatic N) is 1. The predicted molar refractivity (Wildman–Crippen MR) is 66.4 cm³/mol. The highest BCUT2D eigenvalue weighted by Crippen LogP contribution is 2.20. The molecule has 0 bridgehead atoms. The van der Waals surface area contributed by atoms with Crippen molar-refractivity contribution in [2.75, 3.05) is 18.1 Å². The van der Waals surface area contributed by atoms with E-state index in [0.717, 1.165) is 18.1 Å². The molecule has 0 radical (unpaired) electrons. The third-order valence-corrected chi connectivity index (χ3v) is 2.57. The summed E-state index contributed by atoms with van der Waals surface area (Å²) in [6.07, 6.45) is 2.98. The Morgan fingerprint density at radius 3 is 3.00 bits per heavy atom. The van der Waals surface area contributed by atoms with E-state index in [2.05, 4.69) is 0 Å². The monoisotopic (exact) mass is 247 g/mol. The summed E-state index contributed by atoms with van der Waals surface area (Å²) in [5.74, 6) is -1.00. The third kappa shape index (κ3) is 2.88. The topological polar surface area (TPSA) is 66.8 Å². The molecule has 5 heteroatoms. The summed E-state index contributed by atoms with van der Waals surface area (Å²) >= 11 is 0. The minimum Gasteiger partial charge on any atom is -0.478 e. The molecular formula is C13H13NO4. The first-order valence-electron chi connectivity index (χ1n) is 5.62. The van der Waals surface area contributed by atoms with Gasteiger partial charge in [-0.15, -0.1) is 0 Å². The average Bonchev–Trinajstić information content (AvgIpc) is 2.37. The minimum atomic E-state index is -1.00. The fourth-order valence-corrected chi connectivity index (χ4v) is 1.75. The number of carbonyl (C=O) groups excluding carboxylic acids is 1. The maximum absolute atomic E-state index is 11.6. The van der Waals surface area contributed by atoms with Crippen LogP contribution in [0.4, 0.5) is 10.5 Å². The summed E-state index contributed by atoms with van der Waals surface area (Å²) in [4.78, 5) is 23.5. The van der Waals surface area contributed by atoms with Crippen molar-refractivity contribution in [2.45, 2.75) is 6.42 Å². The molecular weight excluding hydrogens is 234 g/mol. The number of rotatable bonds is 3. The summed E-state index contributed by atoms with van der Waals surface area (Å²) in [7, 11) is 0. The summed E-state index contributed by atoms with van der Waals surface area (Å²) < 4.78 is 4.96. The van der Waals surface area contributed by atoms with Crippen LogP contribution >= 0.6 is 0 Å². The second-order valence-electron chi connectivity index (χ2n) is 3.89. The lowest BCUT2D eigenvalue weighted by Gasteiger charge is -2.26. The van der Waals surface area contributed by atoms with Gasteiger partial charge in [0.2, 0.25) is 0 Å². The van der Waals surface area contributed by atoms with E-state index in [-0.39, 0.29) is 6.09 Å². The van der Waals surface area contributed by atoms with Crippen LogP contribution in [-0.4, -0.2) is 30.3 Å². The normalized spacial score (nSPS) is 15.8. The van der Waals surface area contributed by atoms with Crippen molar-refractivity contribution in [3.8, 4) is 0 Å². The van der Waals surface area contributed by atoms with E-state index in [0.29, 0.717) is 18.8 Å². The maximum Gasteiger partial charge on any atom is 0.414 e. The van der Waals surface area contributed by atoms with Crippen LogP contribution in [0.25, 0.3) is 6.08 Å². The molecule has 0 unspecified atom stereocenters. The van der Waals surface area contributed by atoms with Crippen molar-refractivity contribution in [2.24, 2.45) is 0 Å². The van der Waals surface area contributed by atoms with E-state index in [9.17, 15) is 9.59 Å². The highest BCUT2D eigenvalue weighted by atomic mass is 16.6. The van der Waals surface area contributed by atoms with E-state index >= 15 is 0 Å². The van der Waals surface area contributed by atoms with Gasteiger partial charge in [-0.3, -0.25) is 4.90 Å². The summed E-state index contributed by atoms with van der Waals surface area (Å²) in [5.41, 5.74) is 1.44. The average molecular weight is 247 g/mol. The summed E-state index contributed by atoms with van der Waals surface area (Å²) in [5, 5.41) is 8.56. The van der Waals surface area contributed by atoms with Gasteiger partial charge in [-0.25, -0.2) is 9.59 Å². The molecule has 1 heterocycles. The zero-order chi connectivity index (χ0) is 13.0. The van der Waals surface area contributed by atoms with Crippen molar-refractivity contribution in [3.63, 3.8) is 0 Å². The van der Waals surface area contributed by atoms with E-state index in [1.807, 2.05) is 0 Å². The number of anilines is 1. The number of hydrogen-bond acceptors (Lipinski definition) is 3. The largest absolute Gasteiger partial charge is 0.478 e. The highest BCUT2D eigenvalue weighted by Gasteiger charge is 2.20. The van der Waals surface area contributed by atoms with Crippen LogP contribution in [0.3, 0.4) is 0 Å². The second kappa shape index (κ2) is 5.35. The molecule has 0 aliphatic carbocycles. The number of hydrogen-bond donors (Lipinski definition) is 1. The molecule has 2 rings (SSSR count). The molecule has 1 aromatic rings. The molecule has 0 saturated carbocycles. The Hall–Kier alpha value is -2.30. The van der Waals surface area contributed by atoms with Crippen molar-refractivity contribution in [1.29, 1.82) is 0 Å². The summed E-state index contributed by atoms with van der Waals surface area (Å²) in [6, 6.07) is 7.10. The number of carbonyl (C=O) groups is 2. The van der Waals surface area contributed by atoms with Gasteiger partial charge in [0.15, 0.2) is 0 Å². The van der Waals surface area contributed by atoms with Crippen molar-refractivity contribution in [1.82, 2.24) is 0 Å². The third-order valence-electron chi connectivity index (χ3n) is 2.57. The molecule has 0 spiro atoms. The Bertz CT molecular complexity index is 496. The molecule has 0 atom stereocenters. The molecule has 0 aromatic heterocycles. The van der Waals surface area contributed by atoms with Gasteiger partial charge in [0.05, 0.1) is 6.61 Å². The van der Waals surface area contributed by atoms with Crippen LogP contribution in [0.1, 0.15) is 12.0 Å². The van der Waals surface area contributed by atoms with Crippen LogP contribution in [0.5, 0.6) is 0 Å². The minimum absolute atomic E-state index is 0.361. The summed E-state index contributed by atoms with van der Waals surface area (Å²) in [6.45, 7) is 1.07.